The van der Waals surface area contributed by atoms with Crippen molar-refractivity contribution >= 4 is 38.7 Å². The highest BCUT2D eigenvalue weighted by Gasteiger charge is 2.30. The highest BCUT2D eigenvalue weighted by molar-refractivity contribution is 6.17. The summed E-state index contributed by atoms with van der Waals surface area (Å²) in [5, 5.41) is 1.41. The van der Waals surface area contributed by atoms with Gasteiger partial charge < -0.3 is 28.2 Å². The number of pyridine rings is 2. The number of halogens is 1. The van der Waals surface area contributed by atoms with E-state index in [9.17, 15) is 14.4 Å². The number of H-pyrrole nitrogens is 1. The number of esters is 1. The van der Waals surface area contributed by atoms with Crippen LogP contribution in [0.25, 0.3) is 43.9 Å². The van der Waals surface area contributed by atoms with E-state index in [1.54, 1.807) is 28.3 Å². The van der Waals surface area contributed by atoms with E-state index in [0.29, 0.717) is 28.5 Å². The molecule has 2 aromatic carbocycles. The third-order valence-corrected chi connectivity index (χ3v) is 7.34. The summed E-state index contributed by atoms with van der Waals surface area (Å²) in [6.45, 7) is 0.600. The summed E-state index contributed by atoms with van der Waals surface area (Å²) < 4.78 is 30.0. The van der Waals surface area contributed by atoms with Gasteiger partial charge in [-0.3, -0.25) is 9.59 Å². The third-order valence-electron chi connectivity index (χ3n) is 7.34. The van der Waals surface area contributed by atoms with Crippen LogP contribution in [0, 0.1) is 5.82 Å². The largest absolute Gasteiger partial charge is 0.463 e. The van der Waals surface area contributed by atoms with Gasteiger partial charge in [-0.15, -0.1) is 0 Å². The van der Waals surface area contributed by atoms with Gasteiger partial charge in [-0.05, 0) is 50.0 Å². The van der Waals surface area contributed by atoms with Gasteiger partial charge in [0.15, 0.2) is 0 Å². The van der Waals surface area contributed by atoms with Crippen LogP contribution in [0.15, 0.2) is 81.1 Å². The topological polar surface area (TPSA) is 102 Å². The van der Waals surface area contributed by atoms with Crippen molar-refractivity contribution in [3.05, 3.63) is 105 Å². The smallest absolute Gasteiger partial charge is 0.355 e. The summed E-state index contributed by atoms with van der Waals surface area (Å²) in [4.78, 5) is 44.5. The van der Waals surface area contributed by atoms with Crippen LogP contribution >= 0.6 is 0 Å². The van der Waals surface area contributed by atoms with E-state index in [4.69, 9.17) is 9.15 Å². The Morgan fingerprint density at radius 2 is 1.85 bits per heavy atom. The number of likely N-dealkylation sites (N-methyl/N-ethyl adjacent to an activating group) is 1. The van der Waals surface area contributed by atoms with Crippen LogP contribution in [0.4, 0.5) is 4.39 Å². The second-order valence-corrected chi connectivity index (χ2v) is 10.2. The quantitative estimate of drug-likeness (QED) is 0.292. The first-order valence-corrected chi connectivity index (χ1v) is 13.1. The molecule has 0 saturated carbocycles. The predicted molar refractivity (Wildman–Crippen MR) is 155 cm³/mol. The molecule has 6 rings (SSSR count). The normalized spacial score (nSPS) is 11.7. The van der Waals surface area contributed by atoms with Crippen molar-refractivity contribution in [1.82, 2.24) is 19.0 Å². The SMILES string of the molecule is CN(C)CCOC(=O)c1c(-c2ccc[nH]c2=O)c2c3occc3c(F)cc2n1Cc1cc(=O)n(C)c2ccccc12. The molecule has 9 nitrogen and oxygen atoms in total. The third kappa shape index (κ3) is 4.42. The van der Waals surface area contributed by atoms with Crippen molar-refractivity contribution in [1.29, 1.82) is 0 Å². The molecule has 41 heavy (non-hydrogen) atoms. The van der Waals surface area contributed by atoms with Crippen LogP contribution in [-0.2, 0) is 18.3 Å². The van der Waals surface area contributed by atoms with Gasteiger partial charge in [-0.2, -0.15) is 0 Å². The van der Waals surface area contributed by atoms with E-state index < -0.39 is 17.3 Å². The number of hydrogen-bond acceptors (Lipinski definition) is 6. The first-order chi connectivity index (χ1) is 19.8. The van der Waals surface area contributed by atoms with Crippen molar-refractivity contribution in [2.45, 2.75) is 6.54 Å². The van der Waals surface area contributed by atoms with E-state index in [-0.39, 0.29) is 46.5 Å². The highest BCUT2D eigenvalue weighted by atomic mass is 19.1. The molecule has 0 atom stereocenters. The molecule has 0 unspecified atom stereocenters. The number of nitrogens with one attached hydrogen (secondary N) is 1. The number of hydrogen-bond donors (Lipinski definition) is 1. The van der Waals surface area contributed by atoms with Gasteiger partial charge in [0.25, 0.3) is 11.1 Å². The zero-order valence-corrected chi connectivity index (χ0v) is 22.7. The standard InChI is InChI=1S/C31H27FN4O5/c1-34(2)12-14-41-31(39)28-26(21-8-6-11-33-30(21)38)27-24(16-22(32)20-10-13-40-29(20)27)36(28)17-18-15-25(37)35(3)23-9-5-4-7-19(18)23/h4-11,13,15-16H,12,14,17H2,1-3H3,(H,33,38). The minimum absolute atomic E-state index is 0.0294. The Balaban J connectivity index is 1.71. The summed E-state index contributed by atoms with van der Waals surface area (Å²) in [5.41, 5.74) is 1.72. The second kappa shape index (κ2) is 10.2. The summed E-state index contributed by atoms with van der Waals surface area (Å²) >= 11 is 0. The molecule has 208 valence electrons. The van der Waals surface area contributed by atoms with Gasteiger partial charge in [0.1, 0.15) is 23.7 Å². The van der Waals surface area contributed by atoms with E-state index in [2.05, 4.69) is 4.98 Å². The molecule has 10 heteroatoms. The van der Waals surface area contributed by atoms with Gasteiger partial charge in [0.05, 0.1) is 33.6 Å². The van der Waals surface area contributed by atoms with E-state index >= 15 is 4.39 Å². The first-order valence-electron chi connectivity index (χ1n) is 13.1. The second-order valence-electron chi connectivity index (χ2n) is 10.2. The Morgan fingerprint density at radius 1 is 1.05 bits per heavy atom. The number of nitrogens with zero attached hydrogens (tertiary/aromatic N) is 3. The Labute approximate surface area is 233 Å². The number of carbonyl (C=O) groups excluding carboxylic acids is 1. The van der Waals surface area contributed by atoms with Gasteiger partial charge in [0.2, 0.25) is 0 Å². The first kappa shape index (κ1) is 26.3. The van der Waals surface area contributed by atoms with Crippen molar-refractivity contribution in [3.8, 4) is 11.1 Å². The maximum absolute atomic E-state index is 15.4. The lowest BCUT2D eigenvalue weighted by atomic mass is 10.0. The molecule has 0 bridgehead atoms. The molecule has 0 saturated heterocycles. The lowest BCUT2D eigenvalue weighted by Gasteiger charge is -2.15. The average molecular weight is 555 g/mol. The van der Waals surface area contributed by atoms with Gasteiger partial charge in [0, 0.05) is 43.4 Å². The predicted octanol–water partition coefficient (Wildman–Crippen LogP) is 4.50. The zero-order chi connectivity index (χ0) is 28.8. The van der Waals surface area contributed by atoms with Gasteiger partial charge >= 0.3 is 5.97 Å². The van der Waals surface area contributed by atoms with Crippen molar-refractivity contribution < 1.29 is 18.3 Å². The monoisotopic (exact) mass is 554 g/mol. The Kier molecular flexibility index (Phi) is 6.55. The number of para-hydroxylation sites is 1. The molecule has 4 aromatic heterocycles. The number of aromatic nitrogens is 3. The van der Waals surface area contributed by atoms with E-state index in [0.717, 1.165) is 5.39 Å². The van der Waals surface area contributed by atoms with Gasteiger partial charge in [-0.1, -0.05) is 18.2 Å². The fourth-order valence-corrected chi connectivity index (χ4v) is 5.33. The number of benzene rings is 2. The fraction of sp³-hybridized carbons (Fsp3) is 0.194. The van der Waals surface area contributed by atoms with E-state index in [1.807, 2.05) is 43.3 Å². The summed E-state index contributed by atoms with van der Waals surface area (Å²) in [5.74, 6) is -1.23. The van der Waals surface area contributed by atoms with Crippen LogP contribution in [0.3, 0.4) is 0 Å². The molecule has 0 aliphatic heterocycles. The Bertz CT molecular complexity index is 2080. The van der Waals surface area contributed by atoms with Gasteiger partial charge in [-0.25, -0.2) is 9.18 Å². The number of furan rings is 1. The molecule has 0 fully saturated rings. The number of carbonyl (C=O) groups is 1. The van der Waals surface area contributed by atoms with Crippen LogP contribution in [0.5, 0.6) is 0 Å². The maximum atomic E-state index is 15.4. The summed E-state index contributed by atoms with van der Waals surface area (Å²) in [6, 6.07) is 15.0. The number of aryl methyl sites for hydroxylation is 1. The maximum Gasteiger partial charge on any atom is 0.355 e. The van der Waals surface area contributed by atoms with Crippen LogP contribution < -0.4 is 11.1 Å². The van der Waals surface area contributed by atoms with E-state index in [1.165, 1.54) is 30.7 Å². The Hall–Kier alpha value is -4.96. The van der Waals surface area contributed by atoms with Crippen molar-refractivity contribution in [2.75, 3.05) is 27.2 Å². The molecule has 0 radical (unpaired) electrons. The number of ether oxygens (including phenoxy) is 1. The molecule has 0 aliphatic rings. The molecule has 4 heterocycles. The molecular formula is C31H27FN4O5. The van der Waals surface area contributed by atoms with Crippen molar-refractivity contribution in [3.63, 3.8) is 0 Å². The molecule has 1 N–H and O–H groups in total. The molecular weight excluding hydrogens is 527 g/mol. The molecule has 0 amide bonds. The fourth-order valence-electron chi connectivity index (χ4n) is 5.33. The molecule has 0 aliphatic carbocycles. The number of aromatic amines is 1. The molecule has 6 aromatic rings. The number of rotatable bonds is 7. The van der Waals surface area contributed by atoms with Crippen LogP contribution in [0.1, 0.15) is 16.1 Å². The molecule has 0 spiro atoms. The minimum Gasteiger partial charge on any atom is -0.463 e. The highest BCUT2D eigenvalue weighted by Crippen LogP contribution is 2.40. The number of fused-ring (bicyclic) bond motifs is 4. The summed E-state index contributed by atoms with van der Waals surface area (Å²) in [6.07, 6.45) is 2.86. The zero-order valence-electron chi connectivity index (χ0n) is 22.7. The lowest BCUT2D eigenvalue weighted by Crippen LogP contribution is -2.23. The van der Waals surface area contributed by atoms with Crippen LogP contribution in [0.2, 0.25) is 0 Å². The van der Waals surface area contributed by atoms with Crippen molar-refractivity contribution in [2.24, 2.45) is 7.05 Å². The minimum atomic E-state index is -0.686. The van der Waals surface area contributed by atoms with Crippen LogP contribution in [-0.4, -0.2) is 52.2 Å². The average Bonchev–Trinajstić information content (AvgIpc) is 3.55. The Morgan fingerprint density at radius 3 is 2.63 bits per heavy atom. The lowest BCUT2D eigenvalue weighted by molar-refractivity contribution is 0.0471. The summed E-state index contributed by atoms with van der Waals surface area (Å²) in [7, 11) is 5.41.